The number of benzene rings is 8. The van der Waals surface area contributed by atoms with Crippen molar-refractivity contribution in [3.05, 3.63) is 199 Å². The predicted octanol–water partition coefficient (Wildman–Crippen LogP) is 13.4. The topological polar surface area (TPSA) is 48.5 Å². The fraction of sp³-hybridized carbons (Fsp3) is 0.0556. The number of nitrogens with zero attached hydrogens (tertiary/aromatic N) is 5. The van der Waals surface area contributed by atoms with E-state index in [0.29, 0.717) is 17.5 Å². The van der Waals surface area contributed by atoms with Crippen LogP contribution in [-0.2, 0) is 5.41 Å². The van der Waals surface area contributed by atoms with Gasteiger partial charge in [-0.25, -0.2) is 15.0 Å². The van der Waals surface area contributed by atoms with Crippen LogP contribution in [-0.4, -0.2) is 24.1 Å². The second-order valence-electron chi connectivity index (χ2n) is 16.1. The lowest BCUT2D eigenvalue weighted by molar-refractivity contribution is 0.661. The number of rotatable bonds is 5. The Kier molecular flexibility index (Phi) is 7.20. The zero-order valence-corrected chi connectivity index (χ0v) is 32.6. The normalized spacial score (nSPS) is 13.1. The summed E-state index contributed by atoms with van der Waals surface area (Å²) in [5.41, 5.74) is 15.0. The zero-order chi connectivity index (χ0) is 39.2. The Hall–Kier alpha value is -7.63. The van der Waals surface area contributed by atoms with Crippen LogP contribution in [0.15, 0.2) is 188 Å². The van der Waals surface area contributed by atoms with Gasteiger partial charge < -0.3 is 9.13 Å². The summed E-state index contributed by atoms with van der Waals surface area (Å²) in [6, 6.07) is 67.1. The molecule has 0 saturated carbocycles. The number of fused-ring (bicyclic) bond motifs is 10. The minimum atomic E-state index is -0.148. The van der Waals surface area contributed by atoms with Gasteiger partial charge in [0.1, 0.15) is 0 Å². The fourth-order valence-corrected chi connectivity index (χ4v) is 9.55. The van der Waals surface area contributed by atoms with E-state index >= 15 is 0 Å². The molecule has 0 bridgehead atoms. The van der Waals surface area contributed by atoms with Crippen molar-refractivity contribution < 1.29 is 0 Å². The van der Waals surface area contributed by atoms with Gasteiger partial charge in [0.15, 0.2) is 17.5 Å². The van der Waals surface area contributed by atoms with Gasteiger partial charge in [0.2, 0.25) is 0 Å². The van der Waals surface area contributed by atoms with E-state index in [1.54, 1.807) is 0 Å². The molecular weight excluding hydrogens is 719 g/mol. The maximum Gasteiger partial charge on any atom is 0.164 e. The third kappa shape index (κ3) is 5.01. The maximum atomic E-state index is 5.04. The van der Waals surface area contributed by atoms with Crippen LogP contribution in [0.25, 0.3) is 100 Å². The summed E-state index contributed by atoms with van der Waals surface area (Å²) in [6.45, 7) is 4.72. The summed E-state index contributed by atoms with van der Waals surface area (Å²) in [5.74, 6) is 1.93. The molecule has 0 aliphatic heterocycles. The highest BCUT2D eigenvalue weighted by Gasteiger charge is 2.36. The molecule has 1 aliphatic carbocycles. The first kappa shape index (κ1) is 33.5. The third-order valence-electron chi connectivity index (χ3n) is 12.4. The Bertz CT molecular complexity index is 3380. The summed E-state index contributed by atoms with van der Waals surface area (Å²) in [5, 5.41) is 4.91. The molecule has 0 unspecified atom stereocenters. The van der Waals surface area contributed by atoms with Crippen LogP contribution in [0, 0.1) is 0 Å². The van der Waals surface area contributed by atoms with Crippen molar-refractivity contribution >= 4 is 43.6 Å². The van der Waals surface area contributed by atoms with Gasteiger partial charge >= 0.3 is 0 Å². The van der Waals surface area contributed by atoms with E-state index in [2.05, 4.69) is 150 Å². The molecule has 11 aromatic rings. The molecule has 0 fully saturated rings. The van der Waals surface area contributed by atoms with Crippen LogP contribution in [0.5, 0.6) is 0 Å². The van der Waals surface area contributed by atoms with Gasteiger partial charge in [-0.3, -0.25) is 0 Å². The van der Waals surface area contributed by atoms with Crippen LogP contribution in [0.1, 0.15) is 25.0 Å². The quantitative estimate of drug-likeness (QED) is 0.176. The monoisotopic (exact) mass is 755 g/mol. The van der Waals surface area contributed by atoms with Crippen molar-refractivity contribution in [2.24, 2.45) is 0 Å². The van der Waals surface area contributed by atoms with E-state index in [4.69, 9.17) is 15.0 Å². The van der Waals surface area contributed by atoms with E-state index in [-0.39, 0.29) is 5.41 Å². The first-order valence-electron chi connectivity index (χ1n) is 20.2. The summed E-state index contributed by atoms with van der Waals surface area (Å²) in [6.07, 6.45) is 0. The van der Waals surface area contributed by atoms with Crippen molar-refractivity contribution in [2.45, 2.75) is 19.3 Å². The summed E-state index contributed by atoms with van der Waals surface area (Å²) in [7, 11) is 0. The Labute approximate surface area is 341 Å². The highest BCUT2D eigenvalue weighted by molar-refractivity contribution is 6.24. The molecule has 5 heteroatoms. The molecule has 59 heavy (non-hydrogen) atoms. The van der Waals surface area contributed by atoms with Gasteiger partial charge in [-0.15, -0.1) is 0 Å². The third-order valence-corrected chi connectivity index (χ3v) is 12.4. The number of hydrogen-bond acceptors (Lipinski definition) is 3. The first-order chi connectivity index (χ1) is 29.0. The van der Waals surface area contributed by atoms with E-state index in [1.165, 1.54) is 65.9 Å². The number of aromatic nitrogens is 5. The molecule has 3 heterocycles. The molecule has 8 aromatic carbocycles. The second kappa shape index (κ2) is 12.7. The van der Waals surface area contributed by atoms with E-state index in [0.717, 1.165) is 28.1 Å². The molecule has 0 amide bonds. The first-order valence-corrected chi connectivity index (χ1v) is 20.2. The van der Waals surface area contributed by atoms with Gasteiger partial charge in [0, 0.05) is 55.0 Å². The van der Waals surface area contributed by atoms with Crippen molar-refractivity contribution in [2.75, 3.05) is 0 Å². The molecule has 1 aliphatic rings. The van der Waals surface area contributed by atoms with Gasteiger partial charge in [-0.05, 0) is 76.9 Å². The molecule has 0 atom stereocenters. The lowest BCUT2D eigenvalue weighted by Crippen LogP contribution is -2.15. The van der Waals surface area contributed by atoms with E-state index in [9.17, 15) is 0 Å². The molecule has 278 valence electrons. The fourth-order valence-electron chi connectivity index (χ4n) is 9.55. The standard InChI is InChI=1S/C54H37N5/c1-54(2)45-24-14-12-22-39(45)43-32-44-42-31-30-41-40-23-13-15-25-47(40)58(37-20-10-5-11-21-37)49(41)50(42)59(48(44)33-46(43)54)38-28-26-36(27-29-38)53-56-51(34-16-6-3-7-17-34)55-52(57-53)35-18-8-4-9-19-35/h3-33H,1-2H3. The van der Waals surface area contributed by atoms with Gasteiger partial charge in [0.25, 0.3) is 0 Å². The molecule has 5 nitrogen and oxygen atoms in total. The van der Waals surface area contributed by atoms with Crippen LogP contribution >= 0.6 is 0 Å². The molecular formula is C54H37N5. The van der Waals surface area contributed by atoms with Crippen LogP contribution < -0.4 is 0 Å². The largest absolute Gasteiger partial charge is 0.307 e. The number of hydrogen-bond donors (Lipinski definition) is 0. The van der Waals surface area contributed by atoms with Gasteiger partial charge in [-0.2, -0.15) is 0 Å². The van der Waals surface area contributed by atoms with Crippen molar-refractivity contribution in [1.82, 2.24) is 24.1 Å². The van der Waals surface area contributed by atoms with Crippen molar-refractivity contribution in [3.8, 4) is 56.7 Å². The van der Waals surface area contributed by atoms with Crippen LogP contribution in [0.2, 0.25) is 0 Å². The van der Waals surface area contributed by atoms with Crippen molar-refractivity contribution in [1.29, 1.82) is 0 Å². The summed E-state index contributed by atoms with van der Waals surface area (Å²) in [4.78, 5) is 15.0. The highest BCUT2D eigenvalue weighted by Crippen LogP contribution is 2.52. The average molecular weight is 756 g/mol. The van der Waals surface area contributed by atoms with Crippen LogP contribution in [0.3, 0.4) is 0 Å². The lowest BCUT2D eigenvalue weighted by atomic mass is 9.82. The molecule has 0 radical (unpaired) electrons. The Morgan fingerprint density at radius 2 is 0.847 bits per heavy atom. The van der Waals surface area contributed by atoms with E-state index in [1.807, 2.05) is 60.7 Å². The highest BCUT2D eigenvalue weighted by atomic mass is 15.1. The Morgan fingerprint density at radius 1 is 0.356 bits per heavy atom. The molecule has 12 rings (SSSR count). The molecule has 0 N–H and O–H groups in total. The molecule has 0 saturated heterocycles. The summed E-state index contributed by atoms with van der Waals surface area (Å²) < 4.78 is 4.94. The minimum Gasteiger partial charge on any atom is -0.307 e. The summed E-state index contributed by atoms with van der Waals surface area (Å²) >= 11 is 0. The van der Waals surface area contributed by atoms with Crippen molar-refractivity contribution in [3.63, 3.8) is 0 Å². The lowest BCUT2D eigenvalue weighted by Gasteiger charge is -2.21. The molecule has 0 spiro atoms. The Balaban J connectivity index is 1.14. The maximum absolute atomic E-state index is 5.04. The SMILES string of the molecule is CC1(C)c2ccccc2-c2cc3c4ccc5c6ccccc6n(-c6ccccc6)c5c4n(-c4ccc(-c5nc(-c6ccccc6)nc(-c6ccccc6)n5)cc4)c3cc21. The van der Waals surface area contributed by atoms with Crippen LogP contribution in [0.4, 0.5) is 0 Å². The second-order valence-corrected chi connectivity index (χ2v) is 16.1. The Morgan fingerprint density at radius 3 is 1.49 bits per heavy atom. The zero-order valence-electron chi connectivity index (χ0n) is 32.6. The minimum absolute atomic E-state index is 0.148. The predicted molar refractivity (Wildman–Crippen MR) is 242 cm³/mol. The smallest absolute Gasteiger partial charge is 0.164 e. The average Bonchev–Trinajstić information content (AvgIpc) is 3.89. The molecule has 3 aromatic heterocycles. The number of para-hydroxylation sites is 2. The van der Waals surface area contributed by atoms with E-state index < -0.39 is 0 Å². The van der Waals surface area contributed by atoms with Gasteiger partial charge in [0.05, 0.1) is 22.1 Å². The van der Waals surface area contributed by atoms with Gasteiger partial charge in [-0.1, -0.05) is 147 Å².